The fourth-order valence-electron chi connectivity index (χ4n) is 4.49. The molecule has 3 heterocycles. The summed E-state index contributed by atoms with van der Waals surface area (Å²) >= 11 is -2.63. The minimum absolute atomic E-state index is 0.138. The number of imidazole rings is 1. The number of amides is 1. The summed E-state index contributed by atoms with van der Waals surface area (Å²) in [4.78, 5) is 31.0. The number of hydrogen-bond donors (Lipinski definition) is 1. The van der Waals surface area contributed by atoms with Gasteiger partial charge in [0.05, 0.1) is 18.4 Å². The van der Waals surface area contributed by atoms with Crippen LogP contribution >= 0.6 is 0 Å². The largest absolute Gasteiger partial charge is 0.308 e. The molecule has 10 heteroatoms. The first-order chi connectivity index (χ1) is 18.4. The summed E-state index contributed by atoms with van der Waals surface area (Å²) in [5.41, 5.74) is 6.31. The Hall–Kier alpha value is -4.28. The molecule has 1 amide bonds. The summed E-state index contributed by atoms with van der Waals surface area (Å²) in [7, 11) is 0. The van der Waals surface area contributed by atoms with Crippen molar-refractivity contribution >= 4 is 34.0 Å². The zero-order valence-corrected chi connectivity index (χ0v) is 22.0. The van der Waals surface area contributed by atoms with Crippen LogP contribution in [0.4, 0.5) is 5.69 Å². The number of fused-ring (bicyclic) bond motifs is 1. The van der Waals surface area contributed by atoms with Gasteiger partial charge in [0, 0.05) is 23.2 Å². The maximum Gasteiger partial charge on any atom is 0.272 e. The second kappa shape index (κ2) is 10.6. The van der Waals surface area contributed by atoms with Crippen molar-refractivity contribution < 1.29 is 13.6 Å². The summed E-state index contributed by atoms with van der Waals surface area (Å²) in [5.74, 6) is 0.333. The summed E-state index contributed by atoms with van der Waals surface area (Å²) in [6.07, 6.45) is 3.49. The number of nitrogens with zero attached hydrogens (tertiary/aromatic N) is 6. The molecule has 0 saturated heterocycles. The zero-order valence-electron chi connectivity index (χ0n) is 21.2. The van der Waals surface area contributed by atoms with Gasteiger partial charge in [-0.1, -0.05) is 49.4 Å². The molecule has 0 radical (unpaired) electrons. The first-order valence-corrected chi connectivity index (χ1v) is 13.2. The Morgan fingerprint density at radius 2 is 1.79 bits per heavy atom. The molecule has 3 aromatic heterocycles. The van der Waals surface area contributed by atoms with Crippen LogP contribution in [0.5, 0.6) is 0 Å². The van der Waals surface area contributed by atoms with Gasteiger partial charge >= 0.3 is 0 Å². The van der Waals surface area contributed by atoms with Gasteiger partial charge in [-0.15, -0.1) is 0 Å². The molecule has 0 bridgehead atoms. The van der Waals surface area contributed by atoms with Crippen molar-refractivity contribution in [2.45, 2.75) is 33.7 Å². The number of carbonyl (C=O) groups is 1. The van der Waals surface area contributed by atoms with Crippen molar-refractivity contribution in [3.63, 3.8) is 0 Å². The highest BCUT2D eigenvalue weighted by Crippen LogP contribution is 2.30. The van der Waals surface area contributed by atoms with Crippen molar-refractivity contribution in [3.05, 3.63) is 101 Å². The van der Waals surface area contributed by atoms with E-state index in [-0.39, 0.29) is 11.3 Å². The van der Waals surface area contributed by atoms with E-state index in [1.165, 1.54) is 12.5 Å². The molecule has 0 saturated carbocycles. The lowest BCUT2D eigenvalue weighted by molar-refractivity contribution is 0.100. The normalized spacial score (nSPS) is 12.0. The van der Waals surface area contributed by atoms with Crippen molar-refractivity contribution in [3.8, 4) is 11.3 Å². The first kappa shape index (κ1) is 25.4. The molecule has 5 rings (SSSR count). The third kappa shape index (κ3) is 4.83. The molecular formula is C28H26N6O3S. The average Bonchev–Trinajstić information content (AvgIpc) is 3.27. The first-order valence-electron chi connectivity index (χ1n) is 12.1. The summed E-state index contributed by atoms with van der Waals surface area (Å²) < 4.78 is 25.3. The standard InChI is InChI=1S/C28H26N6O3S/c1-4-24-32-25-18(2)14-19(3)31-27(25)33(24)16-20-10-12-21(13-11-20)26-23(15-29-17-30-26)34(38(36)37)28(35)22-8-6-5-7-9-22/h5-15,17H,4,16H2,1-3H3,(H,36,37). The SMILES string of the molecule is CCc1nc2c(C)cc(C)nc2n1Cc1ccc(-c2ncncc2N(C(=O)c2ccccc2)S(=O)O)cc1. The van der Waals surface area contributed by atoms with Crippen molar-refractivity contribution in [2.75, 3.05) is 4.31 Å². The topological polar surface area (TPSA) is 114 Å². The van der Waals surface area contributed by atoms with E-state index in [4.69, 9.17) is 9.97 Å². The van der Waals surface area contributed by atoms with E-state index in [1.54, 1.807) is 30.3 Å². The molecule has 0 aliphatic carbocycles. The van der Waals surface area contributed by atoms with Gasteiger partial charge in [-0.3, -0.25) is 9.35 Å². The summed E-state index contributed by atoms with van der Waals surface area (Å²) in [6.45, 7) is 6.70. The van der Waals surface area contributed by atoms with Crippen LogP contribution in [0.2, 0.25) is 0 Å². The van der Waals surface area contributed by atoms with Crippen LogP contribution < -0.4 is 4.31 Å². The van der Waals surface area contributed by atoms with E-state index in [1.807, 2.05) is 44.2 Å². The number of aryl methyl sites for hydroxylation is 3. The van der Waals surface area contributed by atoms with Crippen molar-refractivity contribution in [1.29, 1.82) is 0 Å². The lowest BCUT2D eigenvalue weighted by Crippen LogP contribution is -2.33. The van der Waals surface area contributed by atoms with Gasteiger partial charge in [-0.05, 0) is 43.2 Å². The van der Waals surface area contributed by atoms with Gasteiger partial charge in [0.25, 0.3) is 17.2 Å². The predicted octanol–water partition coefficient (Wildman–Crippen LogP) is 4.90. The smallest absolute Gasteiger partial charge is 0.272 e. The maximum atomic E-state index is 13.1. The van der Waals surface area contributed by atoms with Gasteiger partial charge in [0.2, 0.25) is 0 Å². The van der Waals surface area contributed by atoms with E-state index >= 15 is 0 Å². The van der Waals surface area contributed by atoms with Gasteiger partial charge in [0.15, 0.2) is 5.65 Å². The fraction of sp³-hybridized carbons (Fsp3) is 0.179. The van der Waals surface area contributed by atoms with Crippen LogP contribution in [0, 0.1) is 13.8 Å². The molecule has 0 aliphatic heterocycles. The number of pyridine rings is 1. The lowest BCUT2D eigenvalue weighted by atomic mass is 10.1. The van der Waals surface area contributed by atoms with E-state index < -0.39 is 17.2 Å². The molecule has 0 fully saturated rings. The minimum atomic E-state index is -2.63. The van der Waals surface area contributed by atoms with E-state index in [0.717, 1.165) is 44.5 Å². The van der Waals surface area contributed by atoms with E-state index in [2.05, 4.69) is 21.5 Å². The lowest BCUT2D eigenvalue weighted by Gasteiger charge is -2.20. The Balaban J connectivity index is 1.49. The highest BCUT2D eigenvalue weighted by atomic mass is 32.2. The van der Waals surface area contributed by atoms with Crippen LogP contribution in [-0.4, -0.2) is 39.2 Å². The molecule has 1 N–H and O–H groups in total. The number of rotatable bonds is 7. The molecule has 0 aliphatic rings. The zero-order chi connectivity index (χ0) is 26.8. The Morgan fingerprint density at radius 1 is 1.05 bits per heavy atom. The van der Waals surface area contributed by atoms with Crippen LogP contribution in [-0.2, 0) is 24.2 Å². The predicted molar refractivity (Wildman–Crippen MR) is 147 cm³/mol. The second-order valence-corrected chi connectivity index (χ2v) is 9.70. The van der Waals surface area contributed by atoms with E-state index in [0.29, 0.717) is 17.8 Å². The Bertz CT molecular complexity index is 1650. The Labute approximate surface area is 222 Å². The third-order valence-corrected chi connectivity index (χ3v) is 6.93. The number of anilines is 1. The van der Waals surface area contributed by atoms with Crippen LogP contribution in [0.25, 0.3) is 22.4 Å². The molecule has 192 valence electrons. The molecule has 9 nitrogen and oxygen atoms in total. The highest BCUT2D eigenvalue weighted by molar-refractivity contribution is 7.81. The molecular weight excluding hydrogens is 500 g/mol. The summed E-state index contributed by atoms with van der Waals surface area (Å²) in [5, 5.41) is 0. The summed E-state index contributed by atoms with van der Waals surface area (Å²) in [6, 6.07) is 18.1. The molecule has 1 unspecified atom stereocenters. The average molecular weight is 527 g/mol. The quantitative estimate of drug-likeness (QED) is 0.300. The minimum Gasteiger partial charge on any atom is -0.308 e. The monoisotopic (exact) mass is 526 g/mol. The van der Waals surface area contributed by atoms with Crippen molar-refractivity contribution in [2.24, 2.45) is 0 Å². The van der Waals surface area contributed by atoms with E-state index in [9.17, 15) is 13.6 Å². The van der Waals surface area contributed by atoms with Gasteiger partial charge < -0.3 is 4.57 Å². The molecule has 1 atom stereocenters. The van der Waals surface area contributed by atoms with Gasteiger partial charge in [0.1, 0.15) is 23.4 Å². The van der Waals surface area contributed by atoms with Crippen LogP contribution in [0.3, 0.4) is 0 Å². The van der Waals surface area contributed by atoms with Crippen LogP contribution in [0.1, 0.15) is 39.9 Å². The third-order valence-electron chi connectivity index (χ3n) is 6.26. The number of hydrogen-bond acceptors (Lipinski definition) is 6. The van der Waals surface area contributed by atoms with Gasteiger partial charge in [-0.25, -0.2) is 24.1 Å². The second-order valence-electron chi connectivity index (χ2n) is 8.87. The molecule has 38 heavy (non-hydrogen) atoms. The molecule has 2 aromatic carbocycles. The maximum absolute atomic E-state index is 13.1. The Kier molecular flexibility index (Phi) is 7.08. The fourth-order valence-corrected chi connectivity index (χ4v) is 5.04. The number of aromatic nitrogens is 5. The number of benzene rings is 2. The van der Waals surface area contributed by atoms with Gasteiger partial charge in [-0.2, -0.15) is 4.31 Å². The highest BCUT2D eigenvalue weighted by Gasteiger charge is 2.26. The Morgan fingerprint density at radius 3 is 2.47 bits per heavy atom. The number of carbonyl (C=O) groups excluding carboxylic acids is 1. The molecule has 0 spiro atoms. The van der Waals surface area contributed by atoms with Crippen molar-refractivity contribution in [1.82, 2.24) is 24.5 Å². The van der Waals surface area contributed by atoms with Crippen LogP contribution in [0.15, 0.2) is 73.2 Å². The molecule has 5 aromatic rings.